The average Bonchev–Trinajstić information content (AvgIpc) is 3.26. The lowest BCUT2D eigenvalue weighted by atomic mass is 9.75. The van der Waals surface area contributed by atoms with Crippen LogP contribution < -0.4 is 5.32 Å². The van der Waals surface area contributed by atoms with Gasteiger partial charge in [0.15, 0.2) is 0 Å². The third kappa shape index (κ3) is 3.00. The van der Waals surface area contributed by atoms with Gasteiger partial charge in [-0.05, 0) is 61.4 Å². The van der Waals surface area contributed by atoms with Crippen LogP contribution in [0.1, 0.15) is 36.8 Å². The van der Waals surface area contributed by atoms with Gasteiger partial charge in [-0.15, -0.1) is 0 Å². The summed E-state index contributed by atoms with van der Waals surface area (Å²) in [7, 11) is 0. The highest BCUT2D eigenvalue weighted by Gasteiger charge is 2.61. The Labute approximate surface area is 180 Å². The molecule has 3 unspecified atom stereocenters. The van der Waals surface area contributed by atoms with Crippen LogP contribution in [0.25, 0.3) is 0 Å². The molecule has 0 aromatic heterocycles. The molecule has 1 saturated heterocycles. The van der Waals surface area contributed by atoms with Crippen molar-refractivity contribution >= 4 is 34.8 Å². The number of amides is 1. The van der Waals surface area contributed by atoms with Crippen LogP contribution in [0.3, 0.4) is 0 Å². The first-order valence-electron chi connectivity index (χ1n) is 10.2. The molecule has 2 N–H and O–H groups in total. The van der Waals surface area contributed by atoms with Crippen molar-refractivity contribution in [2.75, 3.05) is 18.4 Å². The van der Waals surface area contributed by atoms with Gasteiger partial charge in [-0.3, -0.25) is 9.69 Å². The molecule has 4 nitrogen and oxygen atoms in total. The molecule has 2 heterocycles. The quantitative estimate of drug-likeness (QED) is 0.741. The van der Waals surface area contributed by atoms with E-state index in [0.717, 1.165) is 42.7 Å². The molecule has 0 radical (unpaired) electrons. The molecular weight excluding hydrogens is 407 g/mol. The Morgan fingerprint density at radius 2 is 2.03 bits per heavy atom. The molecule has 2 aliphatic heterocycles. The standard InChI is InChI=1S/C23H24Cl2N2O2/c1-13(28)18-10-15(18)12-27-8-7-19(14-3-2-4-16(24)9-14)23(27)20-6-5-17(25)11-21(20)26-22(23)29/h2-6,9,11,13,15,18-19,28H,7-8,10,12H2,1H3,(H,26,29)/t13?,15?,18?,19-,23+/m1/s1. The summed E-state index contributed by atoms with van der Waals surface area (Å²) in [6.07, 6.45) is 1.59. The summed E-state index contributed by atoms with van der Waals surface area (Å²) in [5, 5.41) is 14.4. The summed E-state index contributed by atoms with van der Waals surface area (Å²) in [6.45, 7) is 3.50. The van der Waals surface area contributed by atoms with E-state index in [-0.39, 0.29) is 17.9 Å². The molecule has 5 atom stereocenters. The van der Waals surface area contributed by atoms with Crippen molar-refractivity contribution in [1.29, 1.82) is 0 Å². The van der Waals surface area contributed by atoms with Gasteiger partial charge in [0.05, 0.1) is 6.10 Å². The van der Waals surface area contributed by atoms with E-state index < -0.39 is 5.54 Å². The van der Waals surface area contributed by atoms with Gasteiger partial charge < -0.3 is 10.4 Å². The minimum absolute atomic E-state index is 0.00601. The van der Waals surface area contributed by atoms with E-state index in [4.69, 9.17) is 23.2 Å². The smallest absolute Gasteiger partial charge is 0.250 e. The van der Waals surface area contributed by atoms with Crippen molar-refractivity contribution in [1.82, 2.24) is 4.90 Å². The predicted octanol–water partition coefficient (Wildman–Crippen LogP) is 4.65. The molecular formula is C23H24Cl2N2O2. The fourth-order valence-electron chi connectivity index (χ4n) is 5.56. The number of anilines is 1. The molecule has 1 spiro atoms. The van der Waals surface area contributed by atoms with Crippen LogP contribution in [0.15, 0.2) is 42.5 Å². The monoisotopic (exact) mass is 430 g/mol. The molecule has 1 aliphatic carbocycles. The number of aliphatic hydroxyl groups excluding tert-OH is 1. The SMILES string of the molecule is CC(O)C1CC1CN1CC[C@H](c2cccc(Cl)c2)[C@]12C(=O)Nc1cc(Cl)ccc12. The fourth-order valence-corrected chi connectivity index (χ4v) is 5.93. The summed E-state index contributed by atoms with van der Waals surface area (Å²) in [6, 6.07) is 13.6. The predicted molar refractivity (Wildman–Crippen MR) is 115 cm³/mol. The van der Waals surface area contributed by atoms with Crippen LogP contribution in [0, 0.1) is 11.8 Å². The zero-order valence-corrected chi connectivity index (χ0v) is 17.7. The van der Waals surface area contributed by atoms with E-state index >= 15 is 0 Å². The topological polar surface area (TPSA) is 52.6 Å². The first-order chi connectivity index (χ1) is 13.9. The number of carbonyl (C=O) groups is 1. The van der Waals surface area contributed by atoms with Gasteiger partial charge in [0.25, 0.3) is 0 Å². The summed E-state index contributed by atoms with van der Waals surface area (Å²) in [5.74, 6) is 0.763. The molecule has 3 aliphatic rings. The van der Waals surface area contributed by atoms with E-state index in [1.165, 1.54) is 0 Å². The lowest BCUT2D eigenvalue weighted by Gasteiger charge is -2.38. The van der Waals surface area contributed by atoms with E-state index in [2.05, 4.69) is 16.3 Å². The van der Waals surface area contributed by atoms with E-state index in [1.54, 1.807) is 0 Å². The van der Waals surface area contributed by atoms with Crippen molar-refractivity contribution in [2.24, 2.45) is 11.8 Å². The van der Waals surface area contributed by atoms with Gasteiger partial charge in [0, 0.05) is 40.3 Å². The molecule has 5 rings (SSSR count). The number of nitrogens with one attached hydrogen (secondary N) is 1. The number of rotatable bonds is 4. The van der Waals surface area contributed by atoms with Gasteiger partial charge >= 0.3 is 0 Å². The second-order valence-corrected chi connectivity index (χ2v) is 9.53. The highest BCUT2D eigenvalue weighted by molar-refractivity contribution is 6.31. The third-order valence-corrected chi connectivity index (χ3v) is 7.45. The lowest BCUT2D eigenvalue weighted by Crippen LogP contribution is -2.50. The van der Waals surface area contributed by atoms with Gasteiger partial charge in [-0.25, -0.2) is 0 Å². The first kappa shape index (κ1) is 19.4. The summed E-state index contributed by atoms with van der Waals surface area (Å²) in [4.78, 5) is 15.9. The van der Waals surface area contributed by atoms with Crippen LogP contribution in [-0.2, 0) is 10.3 Å². The number of nitrogens with zero attached hydrogens (tertiary/aromatic N) is 1. The minimum Gasteiger partial charge on any atom is -0.393 e. The number of benzene rings is 2. The number of halogens is 2. The van der Waals surface area contributed by atoms with Crippen molar-refractivity contribution in [2.45, 2.75) is 37.3 Å². The van der Waals surface area contributed by atoms with Gasteiger partial charge in [0.2, 0.25) is 5.91 Å². The number of carbonyl (C=O) groups excluding carboxylic acids is 1. The maximum Gasteiger partial charge on any atom is 0.250 e. The highest BCUT2D eigenvalue weighted by atomic mass is 35.5. The second-order valence-electron chi connectivity index (χ2n) is 8.65. The van der Waals surface area contributed by atoms with Crippen molar-refractivity contribution < 1.29 is 9.90 Å². The number of fused-ring (bicyclic) bond motifs is 2. The molecule has 1 saturated carbocycles. The maximum atomic E-state index is 13.6. The number of aliphatic hydroxyl groups is 1. The average molecular weight is 431 g/mol. The summed E-state index contributed by atoms with van der Waals surface area (Å²) < 4.78 is 0. The molecule has 29 heavy (non-hydrogen) atoms. The van der Waals surface area contributed by atoms with Crippen molar-refractivity contribution in [3.05, 3.63) is 63.6 Å². The Kier molecular flexibility index (Phi) is 4.67. The molecule has 2 aromatic carbocycles. The van der Waals surface area contributed by atoms with Crippen LogP contribution in [0.5, 0.6) is 0 Å². The largest absolute Gasteiger partial charge is 0.393 e. The van der Waals surface area contributed by atoms with Crippen molar-refractivity contribution in [3.63, 3.8) is 0 Å². The summed E-state index contributed by atoms with van der Waals surface area (Å²) in [5.41, 5.74) is 2.10. The molecule has 0 bridgehead atoms. The Morgan fingerprint density at radius 3 is 2.76 bits per heavy atom. The van der Waals surface area contributed by atoms with Crippen LogP contribution in [-0.4, -0.2) is 35.1 Å². The number of likely N-dealkylation sites (tertiary alicyclic amines) is 1. The van der Waals surface area contributed by atoms with Crippen LogP contribution in [0.2, 0.25) is 10.0 Å². The maximum absolute atomic E-state index is 13.6. The minimum atomic E-state index is -0.767. The van der Waals surface area contributed by atoms with Gasteiger partial charge in [-0.1, -0.05) is 41.4 Å². The third-order valence-electron chi connectivity index (χ3n) is 6.98. The van der Waals surface area contributed by atoms with Crippen LogP contribution in [0.4, 0.5) is 5.69 Å². The molecule has 1 amide bonds. The molecule has 2 aromatic rings. The van der Waals surface area contributed by atoms with Gasteiger partial charge in [-0.2, -0.15) is 0 Å². The lowest BCUT2D eigenvalue weighted by molar-refractivity contribution is -0.127. The zero-order chi connectivity index (χ0) is 20.3. The van der Waals surface area contributed by atoms with E-state index in [0.29, 0.717) is 21.9 Å². The normalized spacial score (nSPS) is 31.7. The van der Waals surface area contributed by atoms with Crippen LogP contribution >= 0.6 is 23.2 Å². The number of hydrogen-bond acceptors (Lipinski definition) is 3. The Hall–Kier alpha value is -1.59. The highest BCUT2D eigenvalue weighted by Crippen LogP contribution is 2.56. The fraction of sp³-hybridized carbons (Fsp3) is 0.435. The van der Waals surface area contributed by atoms with Crippen molar-refractivity contribution in [3.8, 4) is 0 Å². The first-order valence-corrected chi connectivity index (χ1v) is 11.0. The van der Waals surface area contributed by atoms with Gasteiger partial charge in [0.1, 0.15) is 5.54 Å². The Bertz CT molecular complexity index is 979. The zero-order valence-electron chi connectivity index (χ0n) is 16.2. The number of hydrogen-bond donors (Lipinski definition) is 2. The molecule has 2 fully saturated rings. The Balaban J connectivity index is 1.60. The van der Waals surface area contributed by atoms with E-state index in [1.807, 2.05) is 43.3 Å². The second kappa shape index (κ2) is 6.98. The molecule has 152 valence electrons. The van der Waals surface area contributed by atoms with E-state index in [9.17, 15) is 9.90 Å². The molecule has 6 heteroatoms. The summed E-state index contributed by atoms with van der Waals surface area (Å²) >= 11 is 12.5. The Morgan fingerprint density at radius 1 is 1.24 bits per heavy atom.